The van der Waals surface area contributed by atoms with E-state index in [1.807, 2.05) is 0 Å². The van der Waals surface area contributed by atoms with Crippen LogP contribution in [0.3, 0.4) is 0 Å². The Kier molecular flexibility index (Phi) is 5.91. The third-order valence-electron chi connectivity index (χ3n) is 2.23. The van der Waals surface area contributed by atoms with Crippen molar-refractivity contribution in [2.75, 3.05) is 18.9 Å². The molecule has 2 N–H and O–H groups in total. The molecule has 0 unspecified atom stereocenters. The number of nitrogens with one attached hydrogen (secondary N) is 2. The second kappa shape index (κ2) is 7.45. The Hall–Kier alpha value is -1.99. The number of aromatic nitrogens is 4. The topological polar surface area (TPSA) is 84.7 Å². The number of amides is 1. The minimum atomic E-state index is -0.0575. The van der Waals surface area contributed by atoms with Crippen molar-refractivity contribution >= 4 is 24.0 Å². The molecule has 0 atom stereocenters. The van der Waals surface area contributed by atoms with Crippen LogP contribution >= 0.6 is 12.4 Å². The van der Waals surface area contributed by atoms with Crippen LogP contribution in [-0.2, 0) is 4.79 Å². The van der Waals surface area contributed by atoms with Gasteiger partial charge in [-0.25, -0.2) is 14.6 Å². The number of carbonyl (C=O) groups excluding carboxylic acids is 1. The van der Waals surface area contributed by atoms with Gasteiger partial charge >= 0.3 is 0 Å². The Morgan fingerprint density at radius 1 is 1.37 bits per heavy atom. The van der Waals surface area contributed by atoms with Crippen molar-refractivity contribution in [1.82, 2.24) is 25.1 Å². The molecule has 0 spiro atoms. The van der Waals surface area contributed by atoms with Crippen LogP contribution in [-0.4, -0.2) is 39.2 Å². The molecule has 2 aromatic heterocycles. The van der Waals surface area contributed by atoms with E-state index in [9.17, 15) is 4.79 Å². The van der Waals surface area contributed by atoms with Gasteiger partial charge in [0.15, 0.2) is 0 Å². The van der Waals surface area contributed by atoms with Crippen molar-refractivity contribution in [3.05, 3.63) is 30.9 Å². The van der Waals surface area contributed by atoms with Crippen molar-refractivity contribution in [1.29, 1.82) is 0 Å². The zero-order valence-corrected chi connectivity index (χ0v) is 11.2. The Morgan fingerprint density at radius 3 is 2.79 bits per heavy atom. The van der Waals surface area contributed by atoms with Gasteiger partial charge in [0.2, 0.25) is 11.9 Å². The normalized spacial score (nSPS) is 9.74. The number of carbonyl (C=O) groups is 1. The molecule has 2 aromatic rings. The fraction of sp³-hybridized carbons (Fsp3) is 0.273. The maximum Gasteiger partial charge on any atom is 0.250 e. The first-order valence-electron chi connectivity index (χ1n) is 5.56. The van der Waals surface area contributed by atoms with Gasteiger partial charge in [0.25, 0.3) is 0 Å². The van der Waals surface area contributed by atoms with Crippen molar-refractivity contribution in [3.63, 3.8) is 0 Å². The third kappa shape index (κ3) is 4.31. The van der Waals surface area contributed by atoms with E-state index in [4.69, 9.17) is 0 Å². The van der Waals surface area contributed by atoms with E-state index in [1.165, 1.54) is 4.68 Å². The van der Waals surface area contributed by atoms with Crippen molar-refractivity contribution in [2.24, 2.45) is 0 Å². The molecule has 2 rings (SSSR count). The lowest BCUT2D eigenvalue weighted by Gasteiger charge is -2.01. The van der Waals surface area contributed by atoms with Gasteiger partial charge < -0.3 is 10.6 Å². The maximum absolute atomic E-state index is 11.5. The van der Waals surface area contributed by atoms with Gasteiger partial charge in [0.1, 0.15) is 0 Å². The van der Waals surface area contributed by atoms with Crippen LogP contribution < -0.4 is 10.6 Å². The Balaban J connectivity index is 0.00000180. The molecule has 0 saturated heterocycles. The maximum atomic E-state index is 11.5. The summed E-state index contributed by atoms with van der Waals surface area (Å²) in [6.07, 6.45) is 6.92. The molecule has 0 aliphatic rings. The summed E-state index contributed by atoms with van der Waals surface area (Å²) < 4.78 is 1.51. The largest absolute Gasteiger partial charge is 0.323 e. The third-order valence-corrected chi connectivity index (χ3v) is 2.23. The van der Waals surface area contributed by atoms with E-state index in [0.717, 1.165) is 0 Å². The summed E-state index contributed by atoms with van der Waals surface area (Å²) in [6, 6.07) is 1.73. The van der Waals surface area contributed by atoms with Crippen LogP contribution in [0, 0.1) is 0 Å². The molecule has 0 bridgehead atoms. The molecule has 0 saturated carbocycles. The van der Waals surface area contributed by atoms with Crippen LogP contribution in [0.1, 0.15) is 6.42 Å². The van der Waals surface area contributed by atoms with Gasteiger partial charge in [-0.1, -0.05) is 0 Å². The van der Waals surface area contributed by atoms with Gasteiger partial charge in [-0.05, 0) is 13.1 Å². The fourth-order valence-corrected chi connectivity index (χ4v) is 1.37. The van der Waals surface area contributed by atoms with Gasteiger partial charge in [0, 0.05) is 25.4 Å². The lowest BCUT2D eigenvalue weighted by Crippen LogP contribution is -2.18. The predicted octanol–water partition coefficient (Wildman–Crippen LogP) is 0.632. The van der Waals surface area contributed by atoms with E-state index in [2.05, 4.69) is 25.7 Å². The second-order valence-corrected chi connectivity index (χ2v) is 3.62. The smallest absolute Gasteiger partial charge is 0.250 e. The van der Waals surface area contributed by atoms with E-state index in [0.29, 0.717) is 24.6 Å². The van der Waals surface area contributed by atoms with Crippen LogP contribution in [0.25, 0.3) is 5.95 Å². The number of anilines is 1. The number of hydrogen-bond donors (Lipinski definition) is 2. The molecule has 0 aromatic carbocycles. The summed E-state index contributed by atoms with van der Waals surface area (Å²) in [7, 11) is 1.80. The summed E-state index contributed by atoms with van der Waals surface area (Å²) in [4.78, 5) is 19.6. The van der Waals surface area contributed by atoms with Crippen LogP contribution in [0.2, 0.25) is 0 Å². The molecule has 0 fully saturated rings. The molecule has 8 heteroatoms. The first-order chi connectivity index (χ1) is 8.79. The van der Waals surface area contributed by atoms with Crippen LogP contribution in [0.5, 0.6) is 0 Å². The highest BCUT2D eigenvalue weighted by atomic mass is 35.5. The average molecular weight is 283 g/mol. The van der Waals surface area contributed by atoms with Gasteiger partial charge in [-0.3, -0.25) is 4.79 Å². The van der Waals surface area contributed by atoms with E-state index in [-0.39, 0.29) is 18.3 Å². The monoisotopic (exact) mass is 282 g/mol. The number of nitrogens with zero attached hydrogens (tertiary/aromatic N) is 4. The quantitative estimate of drug-likeness (QED) is 0.840. The Morgan fingerprint density at radius 2 is 2.11 bits per heavy atom. The van der Waals surface area contributed by atoms with Crippen LogP contribution in [0.4, 0.5) is 5.69 Å². The highest BCUT2D eigenvalue weighted by molar-refractivity contribution is 5.90. The van der Waals surface area contributed by atoms with E-state index >= 15 is 0 Å². The molecule has 0 radical (unpaired) electrons. The zero-order valence-electron chi connectivity index (χ0n) is 10.4. The first-order valence-corrected chi connectivity index (χ1v) is 5.56. The van der Waals surface area contributed by atoms with Gasteiger partial charge in [-0.2, -0.15) is 5.10 Å². The number of hydrogen-bond acceptors (Lipinski definition) is 5. The molecule has 2 heterocycles. The molecule has 0 aliphatic heterocycles. The Bertz CT molecular complexity index is 515. The number of rotatable bonds is 5. The van der Waals surface area contributed by atoms with Crippen LogP contribution in [0.15, 0.2) is 30.9 Å². The van der Waals surface area contributed by atoms with E-state index in [1.54, 1.807) is 37.9 Å². The molecule has 0 aliphatic carbocycles. The summed E-state index contributed by atoms with van der Waals surface area (Å²) >= 11 is 0. The standard InChI is InChI=1S/C11H14N6O.ClH/c1-12-6-3-10(18)16-9-7-15-17(8-9)11-13-4-2-5-14-11;/h2,4-5,7-8,12H,3,6H2,1H3,(H,16,18);1H. The number of halogens is 1. The molecular formula is C11H15ClN6O. The molecule has 19 heavy (non-hydrogen) atoms. The highest BCUT2D eigenvalue weighted by Gasteiger charge is 2.05. The molecule has 1 amide bonds. The lowest BCUT2D eigenvalue weighted by atomic mass is 10.4. The van der Waals surface area contributed by atoms with Crippen molar-refractivity contribution in [3.8, 4) is 5.95 Å². The van der Waals surface area contributed by atoms with E-state index < -0.39 is 0 Å². The summed E-state index contributed by atoms with van der Waals surface area (Å²) in [6.45, 7) is 0.641. The fourth-order valence-electron chi connectivity index (χ4n) is 1.37. The van der Waals surface area contributed by atoms with Gasteiger partial charge in [0.05, 0.1) is 18.1 Å². The predicted molar refractivity (Wildman–Crippen MR) is 73.6 cm³/mol. The molecule has 102 valence electrons. The van der Waals surface area contributed by atoms with Crippen molar-refractivity contribution < 1.29 is 4.79 Å². The molecular weight excluding hydrogens is 268 g/mol. The summed E-state index contributed by atoms with van der Waals surface area (Å²) in [5.41, 5.74) is 0.628. The average Bonchev–Trinajstić information content (AvgIpc) is 2.86. The highest BCUT2D eigenvalue weighted by Crippen LogP contribution is 2.07. The Labute approximate surface area is 116 Å². The zero-order chi connectivity index (χ0) is 12.8. The second-order valence-electron chi connectivity index (χ2n) is 3.62. The minimum absolute atomic E-state index is 0. The summed E-state index contributed by atoms with van der Waals surface area (Å²) in [5.74, 6) is 0.408. The SMILES string of the molecule is CNCCC(=O)Nc1cnn(-c2ncccn2)c1.Cl. The lowest BCUT2D eigenvalue weighted by molar-refractivity contribution is -0.116. The first kappa shape index (κ1) is 15.1. The van der Waals surface area contributed by atoms with Crippen molar-refractivity contribution in [2.45, 2.75) is 6.42 Å². The van der Waals surface area contributed by atoms with Gasteiger partial charge in [-0.15, -0.1) is 12.4 Å². The summed E-state index contributed by atoms with van der Waals surface area (Å²) in [5, 5.41) is 9.74. The molecule has 7 nitrogen and oxygen atoms in total. The minimum Gasteiger partial charge on any atom is -0.323 e.